The van der Waals surface area contributed by atoms with Gasteiger partial charge in [-0.2, -0.15) is 0 Å². The second-order valence-corrected chi connectivity index (χ2v) is 7.73. The molecule has 0 unspecified atom stereocenters. The number of rotatable bonds is 5. The molecule has 8 nitrogen and oxygen atoms in total. The van der Waals surface area contributed by atoms with Crippen LogP contribution in [0.5, 0.6) is 0 Å². The molecule has 144 valence electrons. The fourth-order valence-corrected chi connectivity index (χ4v) is 3.31. The predicted molar refractivity (Wildman–Crippen MR) is 101 cm³/mol. The first-order chi connectivity index (χ1) is 12.3. The number of nitrogens with two attached hydrogens (primary N) is 1. The van der Waals surface area contributed by atoms with E-state index >= 15 is 0 Å². The number of guanidine groups is 1. The van der Waals surface area contributed by atoms with Crippen LogP contribution < -0.4 is 10.5 Å². The second kappa shape index (κ2) is 9.00. The van der Waals surface area contributed by atoms with Crippen LogP contribution in [0.15, 0.2) is 34.2 Å². The molecule has 1 aromatic rings. The molecule has 1 aromatic carbocycles. The number of aliphatic imine (C=N–C) groups is 1. The molecule has 0 spiro atoms. The lowest BCUT2D eigenvalue weighted by molar-refractivity contribution is -0.130. The van der Waals surface area contributed by atoms with Gasteiger partial charge in [0.25, 0.3) is 0 Å². The molecule has 1 aliphatic heterocycles. The first kappa shape index (κ1) is 20.2. The summed E-state index contributed by atoms with van der Waals surface area (Å²) in [5.41, 5.74) is 0.999. The average molecular weight is 382 g/mol. The van der Waals surface area contributed by atoms with Crippen molar-refractivity contribution in [2.45, 2.75) is 25.2 Å². The molecule has 1 fully saturated rings. The molecule has 9 heteroatoms. The number of hydrogen-bond donors (Lipinski definition) is 2. The van der Waals surface area contributed by atoms with Crippen LogP contribution in [0.25, 0.3) is 0 Å². The summed E-state index contributed by atoms with van der Waals surface area (Å²) in [6.07, 6.45) is 0.702. The van der Waals surface area contributed by atoms with Crippen molar-refractivity contribution in [3.05, 3.63) is 29.8 Å². The zero-order valence-electron chi connectivity index (χ0n) is 15.3. The van der Waals surface area contributed by atoms with Crippen LogP contribution in [0.2, 0.25) is 0 Å². The van der Waals surface area contributed by atoms with Gasteiger partial charge in [0.1, 0.15) is 0 Å². The SMILES string of the molecule is CCNC(=NCCc1ccc(S(N)(=O)=O)cc1)N1CCN(C(C)=O)CC1. The molecule has 0 atom stereocenters. The van der Waals surface area contributed by atoms with E-state index in [4.69, 9.17) is 5.14 Å². The summed E-state index contributed by atoms with van der Waals surface area (Å²) in [4.78, 5) is 20.2. The van der Waals surface area contributed by atoms with Gasteiger partial charge in [-0.05, 0) is 31.0 Å². The Labute approximate surface area is 155 Å². The van der Waals surface area contributed by atoms with E-state index < -0.39 is 10.0 Å². The zero-order chi connectivity index (χ0) is 19.2. The third-order valence-electron chi connectivity index (χ3n) is 4.27. The smallest absolute Gasteiger partial charge is 0.238 e. The Bertz CT molecular complexity index is 738. The monoisotopic (exact) mass is 381 g/mol. The van der Waals surface area contributed by atoms with E-state index in [9.17, 15) is 13.2 Å². The second-order valence-electron chi connectivity index (χ2n) is 6.17. The number of carbonyl (C=O) groups is 1. The van der Waals surface area contributed by atoms with E-state index in [0.29, 0.717) is 26.1 Å². The zero-order valence-corrected chi connectivity index (χ0v) is 16.1. The van der Waals surface area contributed by atoms with Crippen LogP contribution in [0.4, 0.5) is 0 Å². The highest BCUT2D eigenvalue weighted by molar-refractivity contribution is 7.89. The lowest BCUT2D eigenvalue weighted by Gasteiger charge is -2.36. The van der Waals surface area contributed by atoms with Crippen molar-refractivity contribution in [1.29, 1.82) is 0 Å². The standard InChI is InChI=1S/C17H27N5O3S/c1-3-19-17(22-12-10-21(11-13-22)14(2)23)20-9-8-15-4-6-16(7-5-15)26(18,24)25/h4-7H,3,8-13H2,1-2H3,(H,19,20)(H2,18,24,25). The average Bonchev–Trinajstić information content (AvgIpc) is 2.61. The minimum atomic E-state index is -3.66. The minimum absolute atomic E-state index is 0.106. The van der Waals surface area contributed by atoms with Gasteiger partial charge >= 0.3 is 0 Å². The highest BCUT2D eigenvalue weighted by Gasteiger charge is 2.20. The summed E-state index contributed by atoms with van der Waals surface area (Å²) in [7, 11) is -3.66. The Balaban J connectivity index is 1.94. The number of benzene rings is 1. The Morgan fingerprint density at radius 3 is 2.23 bits per heavy atom. The van der Waals surface area contributed by atoms with Crippen molar-refractivity contribution in [1.82, 2.24) is 15.1 Å². The van der Waals surface area contributed by atoms with Crippen molar-refractivity contribution in [3.63, 3.8) is 0 Å². The van der Waals surface area contributed by atoms with Gasteiger partial charge in [0.05, 0.1) is 4.90 Å². The quantitative estimate of drug-likeness (QED) is 0.552. The lowest BCUT2D eigenvalue weighted by atomic mass is 10.1. The molecule has 1 heterocycles. The number of primary sulfonamides is 1. The highest BCUT2D eigenvalue weighted by Crippen LogP contribution is 2.09. The number of piperazine rings is 1. The van der Waals surface area contributed by atoms with Crippen molar-refractivity contribution < 1.29 is 13.2 Å². The van der Waals surface area contributed by atoms with E-state index in [1.165, 1.54) is 12.1 Å². The molecule has 2 rings (SSSR count). The van der Waals surface area contributed by atoms with Gasteiger partial charge < -0.3 is 15.1 Å². The number of hydrogen-bond acceptors (Lipinski definition) is 4. The number of carbonyl (C=O) groups excluding carboxylic acids is 1. The third kappa shape index (κ3) is 5.70. The molecule has 0 aliphatic carbocycles. The van der Waals surface area contributed by atoms with Gasteiger partial charge in [0.2, 0.25) is 15.9 Å². The van der Waals surface area contributed by atoms with Crippen LogP contribution in [-0.4, -0.2) is 69.4 Å². The van der Waals surface area contributed by atoms with Crippen LogP contribution >= 0.6 is 0 Å². The number of nitrogens with zero attached hydrogens (tertiary/aromatic N) is 3. The third-order valence-corrected chi connectivity index (χ3v) is 5.20. The molecule has 1 aliphatic rings. The summed E-state index contributed by atoms with van der Waals surface area (Å²) in [6, 6.07) is 6.54. The Hall–Kier alpha value is -2.13. The van der Waals surface area contributed by atoms with Gasteiger partial charge in [-0.15, -0.1) is 0 Å². The van der Waals surface area contributed by atoms with E-state index in [1.807, 2.05) is 11.8 Å². The molecule has 0 saturated carbocycles. The topological polar surface area (TPSA) is 108 Å². The highest BCUT2D eigenvalue weighted by atomic mass is 32.2. The van der Waals surface area contributed by atoms with Crippen molar-refractivity contribution >= 4 is 21.9 Å². The number of amides is 1. The summed E-state index contributed by atoms with van der Waals surface area (Å²) >= 11 is 0. The molecule has 3 N–H and O–H groups in total. The number of nitrogens with one attached hydrogen (secondary N) is 1. The molecule has 0 radical (unpaired) electrons. The molecular weight excluding hydrogens is 354 g/mol. The Morgan fingerprint density at radius 2 is 1.73 bits per heavy atom. The van der Waals surface area contributed by atoms with Crippen LogP contribution in [0.1, 0.15) is 19.4 Å². The van der Waals surface area contributed by atoms with Crippen LogP contribution in [0, 0.1) is 0 Å². The first-order valence-electron chi connectivity index (χ1n) is 8.71. The van der Waals surface area contributed by atoms with Crippen LogP contribution in [-0.2, 0) is 21.2 Å². The Morgan fingerprint density at radius 1 is 1.15 bits per heavy atom. The van der Waals surface area contributed by atoms with Crippen molar-refractivity contribution in [3.8, 4) is 0 Å². The largest absolute Gasteiger partial charge is 0.357 e. The summed E-state index contributed by atoms with van der Waals surface area (Å²) in [6.45, 7) is 7.90. The number of sulfonamides is 1. The fraction of sp³-hybridized carbons (Fsp3) is 0.529. The van der Waals surface area contributed by atoms with E-state index in [-0.39, 0.29) is 10.8 Å². The molecule has 26 heavy (non-hydrogen) atoms. The van der Waals surface area contributed by atoms with E-state index in [2.05, 4.69) is 15.2 Å². The van der Waals surface area contributed by atoms with E-state index in [1.54, 1.807) is 19.1 Å². The van der Waals surface area contributed by atoms with Gasteiger partial charge in [-0.3, -0.25) is 9.79 Å². The van der Waals surface area contributed by atoms with Crippen molar-refractivity contribution in [2.24, 2.45) is 10.1 Å². The predicted octanol–water partition coefficient (Wildman–Crippen LogP) is 0.00610. The maximum Gasteiger partial charge on any atom is 0.238 e. The molecule has 0 aromatic heterocycles. The van der Waals surface area contributed by atoms with Crippen LogP contribution in [0.3, 0.4) is 0 Å². The van der Waals surface area contributed by atoms with Gasteiger partial charge in [0.15, 0.2) is 5.96 Å². The Kier molecular flexibility index (Phi) is 6.98. The van der Waals surface area contributed by atoms with Gasteiger partial charge in [0, 0.05) is 46.2 Å². The molecule has 0 bridgehead atoms. The molecule has 1 saturated heterocycles. The summed E-state index contributed by atoms with van der Waals surface area (Å²) < 4.78 is 22.6. The molecule has 1 amide bonds. The minimum Gasteiger partial charge on any atom is -0.357 e. The lowest BCUT2D eigenvalue weighted by Crippen LogP contribution is -2.53. The van der Waals surface area contributed by atoms with Gasteiger partial charge in [-0.25, -0.2) is 13.6 Å². The van der Waals surface area contributed by atoms with Crippen molar-refractivity contribution in [2.75, 3.05) is 39.3 Å². The maximum atomic E-state index is 11.4. The summed E-state index contributed by atoms with van der Waals surface area (Å²) in [5.74, 6) is 0.950. The normalized spacial score (nSPS) is 15.9. The summed E-state index contributed by atoms with van der Waals surface area (Å²) in [5, 5.41) is 8.39. The molecular formula is C17H27N5O3S. The first-order valence-corrected chi connectivity index (χ1v) is 10.3. The maximum absolute atomic E-state index is 11.4. The van der Waals surface area contributed by atoms with E-state index in [0.717, 1.165) is 31.2 Å². The fourth-order valence-electron chi connectivity index (χ4n) is 2.80. The van der Waals surface area contributed by atoms with Gasteiger partial charge in [-0.1, -0.05) is 12.1 Å².